The first-order valence-electron chi connectivity index (χ1n) is 6.57. The predicted octanol–water partition coefficient (Wildman–Crippen LogP) is 0.970. The summed E-state index contributed by atoms with van der Waals surface area (Å²) < 4.78 is 5.09. The minimum absolute atomic E-state index is 0.0434. The number of carbonyl (C=O) groups is 1. The van der Waals surface area contributed by atoms with Gasteiger partial charge >= 0.3 is 0 Å². The Morgan fingerprint density at radius 1 is 1.60 bits per heavy atom. The lowest BCUT2D eigenvalue weighted by Gasteiger charge is -2.17. The fourth-order valence-electron chi connectivity index (χ4n) is 1.82. The van der Waals surface area contributed by atoms with Gasteiger partial charge in [-0.3, -0.25) is 4.79 Å². The van der Waals surface area contributed by atoms with Gasteiger partial charge in [-0.05, 0) is 18.6 Å². The number of hydrogen-bond acceptors (Lipinski definition) is 4. The molecule has 5 nitrogen and oxygen atoms in total. The zero-order chi connectivity index (χ0) is 14.8. The van der Waals surface area contributed by atoms with Crippen LogP contribution in [-0.2, 0) is 4.74 Å². The topological polar surface area (TPSA) is 71.5 Å². The molecule has 0 aliphatic carbocycles. The van der Waals surface area contributed by atoms with Crippen LogP contribution in [0.1, 0.15) is 35.8 Å². The summed E-state index contributed by atoms with van der Waals surface area (Å²) in [7, 11) is 1.60. The maximum atomic E-state index is 12.2. The number of nitrogens with one attached hydrogen (secondary N) is 1. The first kappa shape index (κ1) is 16.2. The van der Waals surface area contributed by atoms with Crippen LogP contribution < -0.4 is 5.32 Å². The van der Waals surface area contributed by atoms with Crippen LogP contribution in [0.4, 0.5) is 0 Å². The number of aliphatic hydroxyl groups excluding tert-OH is 1. The van der Waals surface area contributed by atoms with Crippen LogP contribution in [0.2, 0.25) is 0 Å². The first-order valence-corrected chi connectivity index (χ1v) is 6.57. The van der Waals surface area contributed by atoms with E-state index < -0.39 is 0 Å². The van der Waals surface area contributed by atoms with E-state index >= 15 is 0 Å². The molecule has 2 N–H and O–H groups in total. The molecule has 0 spiro atoms. The number of aliphatic hydroxyl groups is 1. The van der Waals surface area contributed by atoms with Crippen LogP contribution in [-0.4, -0.2) is 42.4 Å². The zero-order valence-corrected chi connectivity index (χ0v) is 11.8. The number of methoxy groups -OCH3 is 1. The number of rotatable bonds is 6. The summed E-state index contributed by atoms with van der Waals surface area (Å²) in [4.78, 5) is 16.3. The molecule has 1 aromatic rings. The number of hydrogen-bond donors (Lipinski definition) is 2. The van der Waals surface area contributed by atoms with Crippen LogP contribution in [0.15, 0.2) is 18.3 Å². The van der Waals surface area contributed by atoms with E-state index in [1.165, 1.54) is 0 Å². The smallest absolute Gasteiger partial charge is 0.271 e. The summed E-state index contributed by atoms with van der Waals surface area (Å²) in [5, 5.41) is 11.6. The second-order valence-electron chi connectivity index (χ2n) is 4.27. The van der Waals surface area contributed by atoms with Gasteiger partial charge < -0.3 is 15.2 Å². The van der Waals surface area contributed by atoms with Crippen molar-refractivity contribution < 1.29 is 14.6 Å². The lowest BCUT2D eigenvalue weighted by Crippen LogP contribution is -2.38. The highest BCUT2D eigenvalue weighted by Crippen LogP contribution is 2.05. The van der Waals surface area contributed by atoms with Crippen molar-refractivity contribution in [2.45, 2.75) is 25.8 Å². The highest BCUT2D eigenvalue weighted by Gasteiger charge is 2.16. The van der Waals surface area contributed by atoms with Crippen molar-refractivity contribution in [1.29, 1.82) is 0 Å². The molecule has 0 aliphatic rings. The van der Waals surface area contributed by atoms with Gasteiger partial charge in [0.15, 0.2) is 0 Å². The monoisotopic (exact) mass is 276 g/mol. The maximum absolute atomic E-state index is 12.2. The third-order valence-corrected chi connectivity index (χ3v) is 2.67. The fourth-order valence-corrected chi connectivity index (χ4v) is 1.82. The molecule has 1 heterocycles. The minimum Gasteiger partial charge on any atom is -0.384 e. The van der Waals surface area contributed by atoms with E-state index in [1.54, 1.807) is 25.4 Å². The summed E-state index contributed by atoms with van der Waals surface area (Å²) in [6, 6.07) is 3.37. The van der Waals surface area contributed by atoms with Crippen molar-refractivity contribution >= 4 is 5.91 Å². The van der Waals surface area contributed by atoms with E-state index in [1.807, 2.05) is 6.92 Å². The molecule has 0 saturated heterocycles. The van der Waals surface area contributed by atoms with Gasteiger partial charge in [0, 0.05) is 13.3 Å². The molecule has 5 heteroatoms. The summed E-state index contributed by atoms with van der Waals surface area (Å²) in [6.07, 6.45) is 3.34. The maximum Gasteiger partial charge on any atom is 0.271 e. The average Bonchev–Trinajstić information content (AvgIpc) is 2.46. The molecule has 0 aliphatic heterocycles. The molecule has 0 fully saturated rings. The summed E-state index contributed by atoms with van der Waals surface area (Å²) >= 11 is 0. The number of amides is 1. The predicted molar refractivity (Wildman–Crippen MR) is 76.2 cm³/mol. The van der Waals surface area contributed by atoms with Gasteiger partial charge in [0.2, 0.25) is 0 Å². The molecule has 0 radical (unpaired) electrons. The highest BCUT2D eigenvalue weighted by atomic mass is 16.5. The molecule has 1 unspecified atom stereocenters. The summed E-state index contributed by atoms with van der Waals surface area (Å²) in [5.41, 5.74) is 0.775. The second kappa shape index (κ2) is 9.08. The van der Waals surface area contributed by atoms with Gasteiger partial charge in [-0.1, -0.05) is 25.2 Å². The van der Waals surface area contributed by atoms with Gasteiger partial charge in [0.1, 0.15) is 12.3 Å². The molecule has 0 bridgehead atoms. The average molecular weight is 276 g/mol. The van der Waals surface area contributed by atoms with E-state index in [0.29, 0.717) is 12.2 Å². The molecule has 1 aromatic heterocycles. The lowest BCUT2D eigenvalue weighted by atomic mass is 10.1. The molecule has 1 amide bonds. The molecule has 1 rings (SSSR count). The van der Waals surface area contributed by atoms with Crippen molar-refractivity contribution in [2.24, 2.45) is 0 Å². The largest absolute Gasteiger partial charge is 0.384 e. The number of ether oxygens (including phenoxy) is 1. The number of pyridine rings is 1. The number of nitrogens with zero attached hydrogens (tertiary/aromatic N) is 1. The van der Waals surface area contributed by atoms with Crippen LogP contribution in [0, 0.1) is 11.8 Å². The summed E-state index contributed by atoms with van der Waals surface area (Å²) in [6.45, 7) is 2.26. The Labute approximate surface area is 119 Å². The molecule has 0 aromatic carbocycles. The molecule has 0 saturated carbocycles. The van der Waals surface area contributed by atoms with Crippen LogP contribution >= 0.6 is 0 Å². The third-order valence-electron chi connectivity index (χ3n) is 2.67. The van der Waals surface area contributed by atoms with Crippen LogP contribution in [0.3, 0.4) is 0 Å². The molecule has 108 valence electrons. The Balaban J connectivity index is 2.85. The second-order valence-corrected chi connectivity index (χ2v) is 4.27. The Hall–Kier alpha value is -1.90. The van der Waals surface area contributed by atoms with E-state index in [9.17, 15) is 4.79 Å². The molecular formula is C15H20N2O3. The van der Waals surface area contributed by atoms with Gasteiger partial charge in [-0.2, -0.15) is 0 Å². The Bertz CT molecular complexity index is 485. The van der Waals surface area contributed by atoms with Crippen molar-refractivity contribution in [3.05, 3.63) is 29.6 Å². The van der Waals surface area contributed by atoms with Gasteiger partial charge in [-0.15, -0.1) is 0 Å². The highest BCUT2D eigenvalue weighted by molar-refractivity contribution is 5.94. The molecular weight excluding hydrogens is 256 g/mol. The molecule has 1 atom stereocenters. The third kappa shape index (κ3) is 5.00. The normalized spacial score (nSPS) is 11.3. The van der Waals surface area contributed by atoms with Crippen molar-refractivity contribution in [1.82, 2.24) is 10.3 Å². The SMILES string of the molecule is CCCC(COC)NC(=O)c1ncccc1C#CCO. The zero-order valence-electron chi connectivity index (χ0n) is 11.8. The van der Waals surface area contributed by atoms with Crippen molar-refractivity contribution in [3.8, 4) is 11.8 Å². The van der Waals surface area contributed by atoms with E-state index in [0.717, 1.165) is 12.8 Å². The van der Waals surface area contributed by atoms with Crippen molar-refractivity contribution in [2.75, 3.05) is 20.3 Å². The van der Waals surface area contributed by atoms with Gasteiger partial charge in [0.05, 0.1) is 18.2 Å². The lowest BCUT2D eigenvalue weighted by molar-refractivity contribution is 0.0886. The van der Waals surface area contributed by atoms with Crippen LogP contribution in [0.5, 0.6) is 0 Å². The van der Waals surface area contributed by atoms with Crippen molar-refractivity contribution in [3.63, 3.8) is 0 Å². The Morgan fingerprint density at radius 2 is 2.40 bits per heavy atom. The van der Waals surface area contributed by atoms with Gasteiger partial charge in [-0.25, -0.2) is 4.98 Å². The Morgan fingerprint density at radius 3 is 3.05 bits per heavy atom. The fraction of sp³-hybridized carbons (Fsp3) is 0.467. The molecule has 20 heavy (non-hydrogen) atoms. The summed E-state index contributed by atoms with van der Waals surface area (Å²) in [5.74, 6) is 4.98. The Kier molecular flexibility index (Phi) is 7.33. The first-order chi connectivity index (χ1) is 9.72. The van der Waals surface area contributed by atoms with E-state index in [-0.39, 0.29) is 24.2 Å². The number of carbonyl (C=O) groups excluding carboxylic acids is 1. The number of aromatic nitrogens is 1. The standard InChI is InChI=1S/C15H20N2O3/c1-3-6-13(11-20-2)17-15(19)14-12(8-5-10-18)7-4-9-16-14/h4,7,9,13,18H,3,6,10-11H2,1-2H3,(H,17,19). The van der Waals surface area contributed by atoms with E-state index in [4.69, 9.17) is 9.84 Å². The van der Waals surface area contributed by atoms with Crippen LogP contribution in [0.25, 0.3) is 0 Å². The van der Waals surface area contributed by atoms with Gasteiger partial charge in [0.25, 0.3) is 5.91 Å². The minimum atomic E-state index is -0.275. The van der Waals surface area contributed by atoms with E-state index in [2.05, 4.69) is 22.1 Å². The quantitative estimate of drug-likeness (QED) is 0.760.